The molecule has 6 heteroatoms. The van der Waals surface area contributed by atoms with E-state index in [1.165, 1.54) is 11.3 Å². The first kappa shape index (κ1) is 14.9. The second kappa shape index (κ2) is 6.41. The van der Waals surface area contributed by atoms with Crippen LogP contribution in [-0.2, 0) is 4.74 Å². The Morgan fingerprint density at radius 1 is 0.870 bits per heavy atom. The Hall–Kier alpha value is -2.99. The summed E-state index contributed by atoms with van der Waals surface area (Å²) in [7, 11) is 0. The van der Waals surface area contributed by atoms with Gasteiger partial charge in [0.15, 0.2) is 5.13 Å². The van der Waals surface area contributed by atoms with Crippen LogP contribution in [0.25, 0.3) is 11.3 Å². The normalized spacial score (nSPS) is 12.2. The fraction of sp³-hybridized carbons (Fsp3) is 0. The van der Waals surface area contributed by atoms with Crippen molar-refractivity contribution in [1.82, 2.24) is 4.98 Å². The SMILES string of the molecule is Nc1nc(-c2ccccc2)cs1.O=C1OC(=O)c2ccccc21. The summed E-state index contributed by atoms with van der Waals surface area (Å²) in [6, 6.07) is 16.5. The van der Waals surface area contributed by atoms with Crippen LogP contribution < -0.4 is 5.73 Å². The first-order valence-electron chi connectivity index (χ1n) is 6.77. The number of anilines is 1. The number of ether oxygens (including phenoxy) is 1. The molecule has 1 aliphatic rings. The molecule has 0 bridgehead atoms. The van der Waals surface area contributed by atoms with Gasteiger partial charge >= 0.3 is 11.9 Å². The van der Waals surface area contributed by atoms with E-state index in [4.69, 9.17) is 5.73 Å². The van der Waals surface area contributed by atoms with Crippen LogP contribution in [0.2, 0.25) is 0 Å². The highest BCUT2D eigenvalue weighted by molar-refractivity contribution is 7.13. The van der Waals surface area contributed by atoms with Crippen molar-refractivity contribution in [2.45, 2.75) is 0 Å². The van der Waals surface area contributed by atoms with Gasteiger partial charge in [-0.1, -0.05) is 42.5 Å². The Bertz CT molecular complexity index is 826. The van der Waals surface area contributed by atoms with Gasteiger partial charge < -0.3 is 10.5 Å². The van der Waals surface area contributed by atoms with Crippen molar-refractivity contribution < 1.29 is 14.3 Å². The molecular weight excluding hydrogens is 312 g/mol. The molecule has 0 saturated heterocycles. The van der Waals surface area contributed by atoms with Crippen LogP contribution in [0.1, 0.15) is 20.7 Å². The first-order valence-corrected chi connectivity index (χ1v) is 7.65. The zero-order valence-electron chi connectivity index (χ0n) is 11.9. The molecule has 0 aliphatic carbocycles. The first-order chi connectivity index (χ1) is 11.1. The minimum absolute atomic E-state index is 0.359. The van der Waals surface area contributed by atoms with Crippen molar-refractivity contribution in [3.05, 3.63) is 71.1 Å². The number of thiazole rings is 1. The van der Waals surface area contributed by atoms with E-state index in [1.54, 1.807) is 24.3 Å². The molecule has 0 unspecified atom stereocenters. The lowest BCUT2D eigenvalue weighted by Crippen LogP contribution is -1.96. The lowest BCUT2D eigenvalue weighted by atomic mass is 10.1. The Morgan fingerprint density at radius 2 is 1.43 bits per heavy atom. The molecule has 2 N–H and O–H groups in total. The second-order valence-electron chi connectivity index (χ2n) is 4.66. The number of aromatic nitrogens is 1. The Balaban J connectivity index is 0.000000136. The molecule has 2 aromatic carbocycles. The molecule has 0 fully saturated rings. The van der Waals surface area contributed by atoms with Crippen LogP contribution in [0.3, 0.4) is 0 Å². The number of hydrogen-bond donors (Lipinski definition) is 1. The number of esters is 2. The minimum atomic E-state index is -0.550. The molecule has 0 radical (unpaired) electrons. The van der Waals surface area contributed by atoms with Crippen molar-refractivity contribution in [3.8, 4) is 11.3 Å². The largest absolute Gasteiger partial charge is 0.386 e. The third-order valence-electron chi connectivity index (χ3n) is 3.14. The van der Waals surface area contributed by atoms with Gasteiger partial charge in [0.25, 0.3) is 0 Å². The van der Waals surface area contributed by atoms with E-state index >= 15 is 0 Å². The molecule has 0 amide bonds. The number of nitrogens with zero attached hydrogens (tertiary/aromatic N) is 1. The van der Waals surface area contributed by atoms with E-state index in [0.29, 0.717) is 16.3 Å². The summed E-state index contributed by atoms with van der Waals surface area (Å²) in [4.78, 5) is 25.8. The highest BCUT2D eigenvalue weighted by atomic mass is 32.1. The molecule has 1 aliphatic heterocycles. The average Bonchev–Trinajstić information content (AvgIpc) is 3.14. The Morgan fingerprint density at radius 3 is 1.96 bits per heavy atom. The number of nitrogen functional groups attached to an aromatic ring is 1. The third kappa shape index (κ3) is 3.27. The second-order valence-corrected chi connectivity index (χ2v) is 5.55. The minimum Gasteiger partial charge on any atom is -0.386 e. The zero-order valence-corrected chi connectivity index (χ0v) is 12.7. The molecule has 0 saturated carbocycles. The summed E-state index contributed by atoms with van der Waals surface area (Å²) in [6.07, 6.45) is 0. The Labute approximate surface area is 136 Å². The summed E-state index contributed by atoms with van der Waals surface area (Å²) in [6.45, 7) is 0. The van der Waals surface area contributed by atoms with Gasteiger partial charge in [0.2, 0.25) is 0 Å². The number of rotatable bonds is 1. The topological polar surface area (TPSA) is 82.3 Å². The van der Waals surface area contributed by atoms with Gasteiger partial charge in [0.05, 0.1) is 16.8 Å². The standard InChI is InChI=1S/C9H8N2S.C8H4O3/c10-9-11-8(6-12-9)7-4-2-1-3-5-7;9-7-5-3-1-2-4-6(5)8(10)11-7/h1-6H,(H2,10,11);1-4H. The number of carbonyl (C=O) groups excluding carboxylic acids is 2. The van der Waals surface area contributed by atoms with E-state index in [2.05, 4.69) is 9.72 Å². The van der Waals surface area contributed by atoms with Gasteiger partial charge in [0.1, 0.15) is 0 Å². The molecule has 0 atom stereocenters. The highest BCUT2D eigenvalue weighted by Crippen LogP contribution is 2.22. The van der Waals surface area contributed by atoms with Crippen LogP contribution in [0, 0.1) is 0 Å². The number of benzene rings is 2. The maximum absolute atomic E-state index is 10.8. The Kier molecular flexibility index (Phi) is 4.16. The monoisotopic (exact) mass is 324 g/mol. The summed E-state index contributed by atoms with van der Waals surface area (Å²) >= 11 is 1.47. The lowest BCUT2D eigenvalue weighted by molar-refractivity contribution is 0.0444. The molecule has 3 aromatic rings. The number of hydrogen-bond acceptors (Lipinski definition) is 6. The zero-order chi connectivity index (χ0) is 16.2. The van der Waals surface area contributed by atoms with Crippen molar-refractivity contribution in [1.29, 1.82) is 0 Å². The predicted molar refractivity (Wildman–Crippen MR) is 88.2 cm³/mol. The number of cyclic esters (lactones) is 2. The maximum atomic E-state index is 10.8. The summed E-state index contributed by atoms with van der Waals surface area (Å²) in [5.41, 5.74) is 8.31. The molecule has 2 heterocycles. The van der Waals surface area contributed by atoms with E-state index < -0.39 is 11.9 Å². The molecule has 0 spiro atoms. The van der Waals surface area contributed by atoms with E-state index in [0.717, 1.165) is 11.3 Å². The van der Waals surface area contributed by atoms with Crippen molar-refractivity contribution in [2.24, 2.45) is 0 Å². The van der Waals surface area contributed by atoms with Gasteiger partial charge in [-0.3, -0.25) is 0 Å². The van der Waals surface area contributed by atoms with Gasteiger partial charge in [-0.15, -0.1) is 11.3 Å². The van der Waals surface area contributed by atoms with Crippen LogP contribution in [0.4, 0.5) is 5.13 Å². The van der Waals surface area contributed by atoms with Crippen molar-refractivity contribution in [2.75, 3.05) is 5.73 Å². The highest BCUT2D eigenvalue weighted by Gasteiger charge is 2.28. The fourth-order valence-electron chi connectivity index (χ4n) is 2.06. The molecule has 114 valence electrons. The number of nitrogens with two attached hydrogens (primary N) is 1. The summed E-state index contributed by atoms with van der Waals surface area (Å²) < 4.78 is 4.35. The van der Waals surface area contributed by atoms with Gasteiger partial charge in [0, 0.05) is 10.9 Å². The van der Waals surface area contributed by atoms with Gasteiger partial charge in [-0.25, -0.2) is 14.6 Å². The van der Waals surface area contributed by atoms with Crippen LogP contribution in [0.5, 0.6) is 0 Å². The fourth-order valence-corrected chi connectivity index (χ4v) is 2.63. The molecule has 1 aromatic heterocycles. The van der Waals surface area contributed by atoms with E-state index in [9.17, 15) is 9.59 Å². The summed E-state index contributed by atoms with van der Waals surface area (Å²) in [5, 5.41) is 2.58. The van der Waals surface area contributed by atoms with Crippen molar-refractivity contribution >= 4 is 28.4 Å². The van der Waals surface area contributed by atoms with E-state index in [-0.39, 0.29) is 0 Å². The molecule has 5 nitrogen and oxygen atoms in total. The van der Waals surface area contributed by atoms with E-state index in [1.807, 2.05) is 35.7 Å². The van der Waals surface area contributed by atoms with Crippen molar-refractivity contribution in [3.63, 3.8) is 0 Å². The number of carbonyl (C=O) groups is 2. The third-order valence-corrected chi connectivity index (χ3v) is 3.82. The quantitative estimate of drug-likeness (QED) is 0.548. The maximum Gasteiger partial charge on any atom is 0.346 e. The predicted octanol–water partition coefficient (Wildman–Crippen LogP) is 3.39. The van der Waals surface area contributed by atoms with Crippen LogP contribution in [0.15, 0.2) is 60.0 Å². The summed E-state index contributed by atoms with van der Waals surface area (Å²) in [5.74, 6) is -1.10. The smallest absolute Gasteiger partial charge is 0.346 e. The molecular formula is C17H12N2O3S. The lowest BCUT2D eigenvalue weighted by Gasteiger charge is -1.92. The van der Waals surface area contributed by atoms with Crippen LogP contribution in [-0.4, -0.2) is 16.9 Å². The van der Waals surface area contributed by atoms with Crippen LogP contribution >= 0.6 is 11.3 Å². The molecule has 23 heavy (non-hydrogen) atoms. The van der Waals surface area contributed by atoms with Gasteiger partial charge in [-0.05, 0) is 12.1 Å². The average molecular weight is 324 g/mol. The number of fused-ring (bicyclic) bond motifs is 1. The molecule has 4 rings (SSSR count). The van der Waals surface area contributed by atoms with Gasteiger partial charge in [-0.2, -0.15) is 0 Å².